The van der Waals surface area contributed by atoms with E-state index in [1.165, 1.54) is 26.4 Å². The first-order chi connectivity index (χ1) is 7.99. The summed E-state index contributed by atoms with van der Waals surface area (Å²) in [7, 11) is 2.52. The Kier molecular flexibility index (Phi) is 3.86. The third-order valence-electron chi connectivity index (χ3n) is 2.13. The van der Waals surface area contributed by atoms with Gasteiger partial charge in [0.15, 0.2) is 0 Å². The van der Waals surface area contributed by atoms with Gasteiger partial charge in [0, 0.05) is 17.3 Å². The summed E-state index contributed by atoms with van der Waals surface area (Å²) in [5, 5.41) is 10.8. The molecule has 1 rings (SSSR count). The summed E-state index contributed by atoms with van der Waals surface area (Å²) in [6, 6.07) is 2.63. The van der Waals surface area contributed by atoms with E-state index in [1.807, 2.05) is 0 Å². The molecule has 0 fully saturated rings. The Bertz CT molecular complexity index is 458. The van der Waals surface area contributed by atoms with Crippen molar-refractivity contribution in [1.29, 1.82) is 0 Å². The Labute approximate surface area is 97.3 Å². The molecule has 0 aliphatic carbocycles. The summed E-state index contributed by atoms with van der Waals surface area (Å²) in [4.78, 5) is 21.3. The number of rotatable bonds is 4. The van der Waals surface area contributed by atoms with E-state index in [4.69, 9.17) is 10.5 Å². The lowest BCUT2D eigenvalue weighted by molar-refractivity contribution is -0.385. The second kappa shape index (κ2) is 5.15. The average Bonchev–Trinajstić information content (AvgIpc) is 2.28. The molecule has 17 heavy (non-hydrogen) atoms. The van der Waals surface area contributed by atoms with Gasteiger partial charge in [-0.1, -0.05) is 0 Å². The van der Waals surface area contributed by atoms with Crippen molar-refractivity contribution in [2.24, 2.45) is 0 Å². The molecule has 0 unspecified atom stereocenters. The fraction of sp³-hybridized carbons (Fsp3) is 0.300. The van der Waals surface area contributed by atoms with Crippen LogP contribution in [0.1, 0.15) is 5.56 Å². The number of nitro benzene ring substituents is 1. The highest BCUT2D eigenvalue weighted by atomic mass is 16.6. The Morgan fingerprint density at radius 1 is 1.47 bits per heavy atom. The zero-order valence-electron chi connectivity index (χ0n) is 9.43. The number of nitrogens with two attached hydrogens (primary N) is 1. The Balaban J connectivity index is 3.27. The van der Waals surface area contributed by atoms with E-state index in [0.717, 1.165) is 0 Å². The highest BCUT2D eigenvalue weighted by molar-refractivity contribution is 5.75. The third-order valence-corrected chi connectivity index (χ3v) is 2.13. The lowest BCUT2D eigenvalue weighted by atomic mass is 10.1. The quantitative estimate of drug-likeness (QED) is 0.363. The number of hydrogen-bond acceptors (Lipinski definition) is 6. The van der Waals surface area contributed by atoms with Gasteiger partial charge in [-0.25, -0.2) is 0 Å². The number of anilines is 1. The van der Waals surface area contributed by atoms with Gasteiger partial charge < -0.3 is 15.2 Å². The molecule has 1 aromatic rings. The van der Waals surface area contributed by atoms with Gasteiger partial charge in [-0.05, 0) is 6.07 Å². The van der Waals surface area contributed by atoms with Gasteiger partial charge in [0.05, 0.1) is 25.6 Å². The standard InChI is InChI=1S/C10H12N2O5/c1-16-9(13)4-6-3-7(11)5-8(12(14)15)10(6)17-2/h3,5H,4,11H2,1-2H3. The van der Waals surface area contributed by atoms with Gasteiger partial charge >= 0.3 is 11.7 Å². The van der Waals surface area contributed by atoms with Crippen molar-refractivity contribution in [2.45, 2.75) is 6.42 Å². The highest BCUT2D eigenvalue weighted by Gasteiger charge is 2.21. The molecule has 0 saturated carbocycles. The lowest BCUT2D eigenvalue weighted by Gasteiger charge is -2.09. The second-order valence-electron chi connectivity index (χ2n) is 3.24. The minimum Gasteiger partial charge on any atom is -0.490 e. The zero-order chi connectivity index (χ0) is 13.0. The first-order valence-corrected chi connectivity index (χ1v) is 4.67. The van der Waals surface area contributed by atoms with E-state index in [0.29, 0.717) is 5.56 Å². The number of methoxy groups -OCH3 is 2. The van der Waals surface area contributed by atoms with Crippen molar-refractivity contribution < 1.29 is 19.2 Å². The van der Waals surface area contributed by atoms with E-state index in [2.05, 4.69) is 4.74 Å². The maximum absolute atomic E-state index is 11.2. The molecule has 7 heteroatoms. The van der Waals surface area contributed by atoms with Gasteiger partial charge in [0.25, 0.3) is 0 Å². The van der Waals surface area contributed by atoms with Crippen molar-refractivity contribution >= 4 is 17.3 Å². The minimum atomic E-state index is -0.615. The molecule has 92 valence electrons. The number of nitrogen functional groups attached to an aromatic ring is 1. The van der Waals surface area contributed by atoms with E-state index in [-0.39, 0.29) is 23.5 Å². The summed E-state index contributed by atoms with van der Waals surface area (Å²) >= 11 is 0. The lowest BCUT2D eigenvalue weighted by Crippen LogP contribution is -2.08. The minimum absolute atomic E-state index is 0.0228. The molecule has 0 amide bonds. The van der Waals surface area contributed by atoms with E-state index in [1.54, 1.807) is 0 Å². The van der Waals surface area contributed by atoms with Crippen LogP contribution in [0.25, 0.3) is 0 Å². The third kappa shape index (κ3) is 2.83. The van der Waals surface area contributed by atoms with Gasteiger partial charge in [0.1, 0.15) is 0 Å². The second-order valence-corrected chi connectivity index (χ2v) is 3.24. The number of nitrogens with zero attached hydrogens (tertiary/aromatic N) is 1. The van der Waals surface area contributed by atoms with Crippen LogP contribution in [0.3, 0.4) is 0 Å². The van der Waals surface area contributed by atoms with Gasteiger partial charge in [-0.2, -0.15) is 0 Å². The Morgan fingerprint density at radius 3 is 2.59 bits per heavy atom. The van der Waals surface area contributed by atoms with E-state index >= 15 is 0 Å². The largest absolute Gasteiger partial charge is 0.490 e. The zero-order valence-corrected chi connectivity index (χ0v) is 9.43. The van der Waals surface area contributed by atoms with Crippen molar-refractivity contribution in [3.8, 4) is 5.75 Å². The first kappa shape index (κ1) is 12.8. The smallest absolute Gasteiger partial charge is 0.313 e. The van der Waals surface area contributed by atoms with Crippen LogP contribution in [0, 0.1) is 10.1 Å². The maximum Gasteiger partial charge on any atom is 0.313 e. The average molecular weight is 240 g/mol. The highest BCUT2D eigenvalue weighted by Crippen LogP contribution is 2.33. The molecular formula is C10H12N2O5. The van der Waals surface area contributed by atoms with E-state index in [9.17, 15) is 14.9 Å². The van der Waals surface area contributed by atoms with Crippen LogP contribution >= 0.6 is 0 Å². The molecule has 0 saturated heterocycles. The van der Waals surface area contributed by atoms with Crippen LogP contribution in [-0.2, 0) is 16.0 Å². The van der Waals surface area contributed by atoms with Crippen LogP contribution in [0.4, 0.5) is 11.4 Å². The van der Waals surface area contributed by atoms with Crippen LogP contribution in [0.5, 0.6) is 5.75 Å². The van der Waals surface area contributed by atoms with Crippen molar-refractivity contribution in [3.63, 3.8) is 0 Å². The predicted octanol–water partition coefficient (Wildman–Crippen LogP) is 0.901. The van der Waals surface area contributed by atoms with Crippen LogP contribution in [0.2, 0.25) is 0 Å². The van der Waals surface area contributed by atoms with E-state index < -0.39 is 10.9 Å². The molecular weight excluding hydrogens is 228 g/mol. The van der Waals surface area contributed by atoms with Crippen molar-refractivity contribution in [1.82, 2.24) is 0 Å². The molecule has 1 aromatic carbocycles. The predicted molar refractivity (Wildman–Crippen MR) is 59.8 cm³/mol. The number of esters is 1. The van der Waals surface area contributed by atoms with Gasteiger partial charge in [0.2, 0.25) is 5.75 Å². The fourth-order valence-corrected chi connectivity index (χ4v) is 1.43. The number of benzene rings is 1. The topological polar surface area (TPSA) is 105 Å². The van der Waals surface area contributed by atoms with Crippen molar-refractivity contribution in [3.05, 3.63) is 27.8 Å². The molecule has 0 heterocycles. The van der Waals surface area contributed by atoms with Gasteiger partial charge in [-0.3, -0.25) is 14.9 Å². The molecule has 0 bridgehead atoms. The monoisotopic (exact) mass is 240 g/mol. The SMILES string of the molecule is COC(=O)Cc1cc(N)cc([N+](=O)[O-])c1OC. The van der Waals surface area contributed by atoms with Crippen LogP contribution in [0.15, 0.2) is 12.1 Å². The summed E-state index contributed by atoms with van der Waals surface area (Å²) in [6.45, 7) is 0. The summed E-state index contributed by atoms with van der Waals surface area (Å²) in [6.07, 6.45) is -0.133. The molecule has 7 nitrogen and oxygen atoms in total. The summed E-state index contributed by atoms with van der Waals surface area (Å²) < 4.78 is 9.42. The number of nitro groups is 1. The van der Waals surface area contributed by atoms with Crippen molar-refractivity contribution in [2.75, 3.05) is 20.0 Å². The molecule has 0 spiro atoms. The van der Waals surface area contributed by atoms with Crippen LogP contribution in [-0.4, -0.2) is 25.1 Å². The number of carbonyl (C=O) groups excluding carboxylic acids is 1. The van der Waals surface area contributed by atoms with Crippen LogP contribution < -0.4 is 10.5 Å². The number of ether oxygens (including phenoxy) is 2. The summed E-state index contributed by atoms with van der Waals surface area (Å²) in [5.41, 5.74) is 5.77. The first-order valence-electron chi connectivity index (χ1n) is 4.67. The Morgan fingerprint density at radius 2 is 2.12 bits per heavy atom. The Hall–Kier alpha value is -2.31. The maximum atomic E-state index is 11.2. The van der Waals surface area contributed by atoms with Gasteiger partial charge in [-0.15, -0.1) is 0 Å². The molecule has 0 radical (unpaired) electrons. The number of hydrogen-bond donors (Lipinski definition) is 1. The molecule has 0 aromatic heterocycles. The summed E-state index contributed by atoms with van der Waals surface area (Å²) in [5.74, 6) is -0.502. The molecule has 0 atom stereocenters. The molecule has 0 aliphatic rings. The molecule has 0 aliphatic heterocycles. The number of carbonyl (C=O) groups is 1. The molecule has 2 N–H and O–H groups in total. The fourth-order valence-electron chi connectivity index (χ4n) is 1.43. The normalized spacial score (nSPS) is 9.76.